The fraction of sp³-hybridized carbons (Fsp3) is 0.800. The predicted octanol–water partition coefficient (Wildman–Crippen LogP) is 3.18. The van der Waals surface area contributed by atoms with Crippen LogP contribution in [0.4, 0.5) is 4.79 Å². The third-order valence-corrected chi connectivity index (χ3v) is 3.84. The van der Waals surface area contributed by atoms with E-state index >= 15 is 0 Å². The molecule has 2 aliphatic rings. The van der Waals surface area contributed by atoms with Gasteiger partial charge in [0.05, 0.1) is 13.4 Å². The van der Waals surface area contributed by atoms with Crippen LogP contribution in [0.1, 0.15) is 40.0 Å². The first-order chi connectivity index (χ1) is 8.90. The normalized spacial score (nSPS) is 26.9. The molecular formula is C15H25NO3. The Balaban J connectivity index is 2.05. The lowest BCUT2D eigenvalue weighted by molar-refractivity contribution is 0.0120. The van der Waals surface area contributed by atoms with Gasteiger partial charge in [0.2, 0.25) is 0 Å². The SMILES string of the molecule is COC=C1[C@@H]2CCC[C@@H]1CN(C(=O)OC(C)(C)C)C2. The molecule has 108 valence electrons. The molecule has 1 heterocycles. The molecule has 2 rings (SSSR count). The van der Waals surface area contributed by atoms with E-state index in [1.807, 2.05) is 31.9 Å². The van der Waals surface area contributed by atoms with Crippen LogP contribution in [0.3, 0.4) is 0 Å². The molecule has 0 radical (unpaired) electrons. The molecule has 2 bridgehead atoms. The average Bonchev–Trinajstić information content (AvgIpc) is 2.26. The van der Waals surface area contributed by atoms with E-state index in [0.29, 0.717) is 11.8 Å². The van der Waals surface area contributed by atoms with Crippen molar-refractivity contribution in [3.05, 3.63) is 11.8 Å². The van der Waals surface area contributed by atoms with Gasteiger partial charge in [0, 0.05) is 24.9 Å². The lowest BCUT2D eigenvalue weighted by Crippen LogP contribution is -2.48. The Labute approximate surface area is 115 Å². The molecule has 1 saturated heterocycles. The van der Waals surface area contributed by atoms with Gasteiger partial charge in [-0.25, -0.2) is 4.79 Å². The van der Waals surface area contributed by atoms with E-state index < -0.39 is 5.60 Å². The molecular weight excluding hydrogens is 242 g/mol. The molecule has 0 spiro atoms. The fourth-order valence-electron chi connectivity index (χ4n) is 3.08. The number of fused-ring (bicyclic) bond motifs is 2. The van der Waals surface area contributed by atoms with Crippen molar-refractivity contribution >= 4 is 6.09 Å². The number of amides is 1. The number of carbonyl (C=O) groups is 1. The monoisotopic (exact) mass is 267 g/mol. The van der Waals surface area contributed by atoms with Crippen LogP contribution < -0.4 is 0 Å². The standard InChI is InChI=1S/C15H25NO3/c1-15(2,3)19-14(17)16-8-11-6-5-7-12(9-16)13(11)10-18-4/h10-12H,5-9H2,1-4H3/t11-,12-/m1/s1. The summed E-state index contributed by atoms with van der Waals surface area (Å²) in [5, 5.41) is 0. The first-order valence-corrected chi connectivity index (χ1v) is 7.11. The summed E-state index contributed by atoms with van der Waals surface area (Å²) in [7, 11) is 1.70. The van der Waals surface area contributed by atoms with E-state index in [9.17, 15) is 4.79 Å². The van der Waals surface area contributed by atoms with Crippen LogP contribution in [0.5, 0.6) is 0 Å². The van der Waals surface area contributed by atoms with Crippen molar-refractivity contribution in [2.45, 2.75) is 45.6 Å². The van der Waals surface area contributed by atoms with Gasteiger partial charge in [-0.15, -0.1) is 0 Å². The zero-order chi connectivity index (χ0) is 14.0. The molecule has 1 saturated carbocycles. The molecule has 19 heavy (non-hydrogen) atoms. The summed E-state index contributed by atoms with van der Waals surface area (Å²) in [5.74, 6) is 0.889. The predicted molar refractivity (Wildman–Crippen MR) is 73.7 cm³/mol. The highest BCUT2D eigenvalue weighted by atomic mass is 16.6. The van der Waals surface area contributed by atoms with Gasteiger partial charge in [-0.1, -0.05) is 6.42 Å². The Kier molecular flexibility index (Phi) is 4.07. The van der Waals surface area contributed by atoms with Gasteiger partial charge in [-0.3, -0.25) is 0 Å². The van der Waals surface area contributed by atoms with Gasteiger partial charge in [-0.2, -0.15) is 0 Å². The zero-order valence-corrected chi connectivity index (χ0v) is 12.4. The van der Waals surface area contributed by atoms with Gasteiger partial charge in [0.1, 0.15) is 5.60 Å². The quantitative estimate of drug-likeness (QED) is 0.685. The molecule has 0 N–H and O–H groups in total. The summed E-state index contributed by atoms with van der Waals surface area (Å²) in [4.78, 5) is 14.0. The van der Waals surface area contributed by atoms with Crippen LogP contribution in [0.15, 0.2) is 11.8 Å². The fourth-order valence-corrected chi connectivity index (χ4v) is 3.08. The third kappa shape index (κ3) is 3.43. The van der Waals surface area contributed by atoms with Gasteiger partial charge in [0.15, 0.2) is 0 Å². The van der Waals surface area contributed by atoms with Crippen LogP contribution in [0.25, 0.3) is 0 Å². The highest BCUT2D eigenvalue weighted by Crippen LogP contribution is 2.39. The number of rotatable bonds is 1. The molecule has 0 unspecified atom stereocenters. The van der Waals surface area contributed by atoms with Crippen molar-refractivity contribution in [3.63, 3.8) is 0 Å². The summed E-state index contributed by atoms with van der Waals surface area (Å²) in [6, 6.07) is 0. The summed E-state index contributed by atoms with van der Waals surface area (Å²) >= 11 is 0. The minimum absolute atomic E-state index is 0.180. The van der Waals surface area contributed by atoms with Crippen molar-refractivity contribution in [2.24, 2.45) is 11.8 Å². The molecule has 0 aromatic rings. The minimum atomic E-state index is -0.422. The number of hydrogen-bond acceptors (Lipinski definition) is 3. The number of likely N-dealkylation sites (tertiary alicyclic amines) is 1. The van der Waals surface area contributed by atoms with Crippen molar-refractivity contribution in [2.75, 3.05) is 20.2 Å². The Morgan fingerprint density at radius 2 is 1.84 bits per heavy atom. The zero-order valence-electron chi connectivity index (χ0n) is 12.4. The number of hydrogen-bond donors (Lipinski definition) is 0. The van der Waals surface area contributed by atoms with Crippen molar-refractivity contribution in [1.82, 2.24) is 4.90 Å². The number of methoxy groups -OCH3 is 1. The number of ether oxygens (including phenoxy) is 2. The van der Waals surface area contributed by atoms with E-state index in [4.69, 9.17) is 9.47 Å². The van der Waals surface area contributed by atoms with Crippen LogP contribution in [0, 0.1) is 11.8 Å². The molecule has 0 aromatic carbocycles. The Bertz CT molecular complexity index is 354. The Hall–Kier alpha value is -1.19. The maximum Gasteiger partial charge on any atom is 0.410 e. The molecule has 4 heteroatoms. The van der Waals surface area contributed by atoms with Crippen molar-refractivity contribution in [3.8, 4) is 0 Å². The second-order valence-corrected chi connectivity index (χ2v) is 6.56. The largest absolute Gasteiger partial charge is 0.504 e. The average molecular weight is 267 g/mol. The smallest absolute Gasteiger partial charge is 0.410 e. The van der Waals surface area contributed by atoms with Crippen LogP contribution in [-0.4, -0.2) is 36.8 Å². The van der Waals surface area contributed by atoms with E-state index in [1.54, 1.807) is 7.11 Å². The minimum Gasteiger partial charge on any atom is -0.504 e. The number of nitrogens with zero attached hydrogens (tertiary/aromatic N) is 1. The number of piperidine rings is 1. The summed E-state index contributed by atoms with van der Waals surface area (Å²) < 4.78 is 10.7. The van der Waals surface area contributed by atoms with E-state index in [-0.39, 0.29) is 6.09 Å². The summed E-state index contributed by atoms with van der Waals surface area (Å²) in [5.41, 5.74) is 0.961. The molecule has 4 nitrogen and oxygen atoms in total. The molecule has 1 aliphatic carbocycles. The third-order valence-electron chi connectivity index (χ3n) is 3.84. The van der Waals surface area contributed by atoms with Gasteiger partial charge >= 0.3 is 6.09 Å². The van der Waals surface area contributed by atoms with Crippen LogP contribution in [-0.2, 0) is 9.47 Å². The number of carbonyl (C=O) groups excluding carboxylic acids is 1. The highest BCUT2D eigenvalue weighted by Gasteiger charge is 2.38. The Morgan fingerprint density at radius 1 is 1.26 bits per heavy atom. The first kappa shape index (κ1) is 14.2. The maximum absolute atomic E-state index is 12.2. The van der Waals surface area contributed by atoms with Gasteiger partial charge in [0.25, 0.3) is 0 Å². The maximum atomic E-state index is 12.2. The van der Waals surface area contributed by atoms with Gasteiger partial charge in [-0.05, 0) is 39.2 Å². The molecule has 1 aliphatic heterocycles. The molecule has 2 fully saturated rings. The topological polar surface area (TPSA) is 38.8 Å². The summed E-state index contributed by atoms with van der Waals surface area (Å²) in [6.07, 6.45) is 5.25. The van der Waals surface area contributed by atoms with Crippen LogP contribution in [0.2, 0.25) is 0 Å². The Morgan fingerprint density at radius 3 is 2.32 bits per heavy atom. The lowest BCUT2D eigenvalue weighted by atomic mass is 9.74. The first-order valence-electron chi connectivity index (χ1n) is 7.11. The molecule has 0 aromatic heterocycles. The summed E-state index contributed by atoms with van der Waals surface area (Å²) in [6.45, 7) is 7.25. The second-order valence-electron chi connectivity index (χ2n) is 6.56. The molecule has 1 amide bonds. The van der Waals surface area contributed by atoms with Crippen LogP contribution >= 0.6 is 0 Å². The lowest BCUT2D eigenvalue weighted by Gasteiger charge is -2.43. The van der Waals surface area contributed by atoms with E-state index in [2.05, 4.69) is 0 Å². The van der Waals surface area contributed by atoms with E-state index in [1.165, 1.54) is 12.0 Å². The second kappa shape index (κ2) is 5.43. The van der Waals surface area contributed by atoms with Crippen molar-refractivity contribution < 1.29 is 14.3 Å². The van der Waals surface area contributed by atoms with E-state index in [0.717, 1.165) is 25.9 Å². The highest BCUT2D eigenvalue weighted by molar-refractivity contribution is 5.68. The molecule has 2 atom stereocenters. The van der Waals surface area contributed by atoms with Crippen molar-refractivity contribution in [1.29, 1.82) is 0 Å². The van der Waals surface area contributed by atoms with Gasteiger partial charge < -0.3 is 14.4 Å².